The Morgan fingerprint density at radius 1 is 1.17 bits per heavy atom. The quantitative estimate of drug-likeness (QED) is 0.886. The first kappa shape index (κ1) is 12.7. The first-order chi connectivity index (χ1) is 8.72. The molecule has 0 aliphatic rings. The van der Waals surface area contributed by atoms with E-state index < -0.39 is 0 Å². The van der Waals surface area contributed by atoms with Crippen LogP contribution in [0.2, 0.25) is 5.02 Å². The second-order valence-corrected chi connectivity index (χ2v) is 4.31. The Hall–Kier alpha value is -1.71. The molecule has 0 unspecified atom stereocenters. The van der Waals surface area contributed by atoms with Crippen LogP contribution in [0.4, 0.5) is 11.4 Å². The molecule has 2 aromatic rings. The minimum absolute atomic E-state index is 0.542. The minimum atomic E-state index is 0.542. The average Bonchev–Trinajstić information content (AvgIpc) is 2.40. The van der Waals surface area contributed by atoms with Gasteiger partial charge in [0.2, 0.25) is 0 Å². The Kier molecular flexibility index (Phi) is 4.07. The highest BCUT2D eigenvalue weighted by molar-refractivity contribution is 6.31. The molecule has 0 fully saturated rings. The Bertz CT molecular complexity index is 526. The van der Waals surface area contributed by atoms with Gasteiger partial charge in [-0.15, -0.1) is 0 Å². The summed E-state index contributed by atoms with van der Waals surface area (Å²) in [6, 6.07) is 13.4. The van der Waals surface area contributed by atoms with Gasteiger partial charge in [0, 0.05) is 17.3 Å². The van der Waals surface area contributed by atoms with E-state index in [0.717, 1.165) is 22.7 Å². The SMILES string of the molecule is COc1ccc(Cl)cc1Nc1ccc(CN)cc1. The van der Waals surface area contributed by atoms with Gasteiger partial charge in [0.1, 0.15) is 5.75 Å². The van der Waals surface area contributed by atoms with Gasteiger partial charge in [-0.1, -0.05) is 23.7 Å². The number of hydrogen-bond acceptors (Lipinski definition) is 3. The van der Waals surface area contributed by atoms with Crippen LogP contribution in [0.5, 0.6) is 5.75 Å². The summed E-state index contributed by atoms with van der Waals surface area (Å²) in [5.74, 6) is 0.752. The topological polar surface area (TPSA) is 47.3 Å². The molecule has 2 aromatic carbocycles. The molecule has 0 aliphatic carbocycles. The van der Waals surface area contributed by atoms with E-state index in [1.165, 1.54) is 0 Å². The molecule has 94 valence electrons. The van der Waals surface area contributed by atoms with Crippen LogP contribution in [0.25, 0.3) is 0 Å². The van der Waals surface area contributed by atoms with Crippen LogP contribution in [-0.4, -0.2) is 7.11 Å². The monoisotopic (exact) mass is 262 g/mol. The van der Waals surface area contributed by atoms with E-state index in [1.807, 2.05) is 36.4 Å². The van der Waals surface area contributed by atoms with Crippen molar-refractivity contribution in [2.45, 2.75) is 6.54 Å². The average molecular weight is 263 g/mol. The number of methoxy groups -OCH3 is 1. The van der Waals surface area contributed by atoms with Crippen molar-refractivity contribution < 1.29 is 4.74 Å². The van der Waals surface area contributed by atoms with E-state index in [0.29, 0.717) is 11.6 Å². The van der Waals surface area contributed by atoms with Crippen LogP contribution in [0.3, 0.4) is 0 Å². The summed E-state index contributed by atoms with van der Waals surface area (Å²) < 4.78 is 5.28. The fourth-order valence-electron chi connectivity index (χ4n) is 1.66. The third-order valence-corrected chi connectivity index (χ3v) is 2.87. The number of anilines is 2. The van der Waals surface area contributed by atoms with Gasteiger partial charge in [-0.05, 0) is 35.9 Å². The molecule has 0 saturated carbocycles. The molecular weight excluding hydrogens is 248 g/mol. The highest BCUT2D eigenvalue weighted by Gasteiger charge is 2.04. The van der Waals surface area contributed by atoms with Gasteiger partial charge in [-0.25, -0.2) is 0 Å². The lowest BCUT2D eigenvalue weighted by Gasteiger charge is -2.11. The molecule has 0 saturated heterocycles. The second-order valence-electron chi connectivity index (χ2n) is 3.87. The maximum atomic E-state index is 5.98. The Morgan fingerprint density at radius 2 is 1.89 bits per heavy atom. The van der Waals surface area contributed by atoms with Crippen molar-refractivity contribution in [2.75, 3.05) is 12.4 Å². The minimum Gasteiger partial charge on any atom is -0.495 e. The maximum absolute atomic E-state index is 5.98. The highest BCUT2D eigenvalue weighted by Crippen LogP contribution is 2.30. The Labute approximate surface area is 112 Å². The van der Waals surface area contributed by atoms with Crippen LogP contribution in [-0.2, 0) is 6.54 Å². The van der Waals surface area contributed by atoms with Crippen LogP contribution in [0, 0.1) is 0 Å². The largest absolute Gasteiger partial charge is 0.495 e. The zero-order chi connectivity index (χ0) is 13.0. The molecule has 0 spiro atoms. The molecule has 0 aliphatic heterocycles. The van der Waals surface area contributed by atoms with Crippen molar-refractivity contribution in [3.05, 3.63) is 53.1 Å². The van der Waals surface area contributed by atoms with Crippen molar-refractivity contribution >= 4 is 23.0 Å². The lowest BCUT2D eigenvalue weighted by Crippen LogP contribution is -1.97. The van der Waals surface area contributed by atoms with Gasteiger partial charge in [0.15, 0.2) is 0 Å². The third kappa shape index (κ3) is 2.94. The summed E-state index contributed by atoms with van der Waals surface area (Å²) in [7, 11) is 1.63. The number of nitrogens with two attached hydrogens (primary N) is 1. The molecule has 0 amide bonds. The van der Waals surface area contributed by atoms with Crippen LogP contribution in [0.1, 0.15) is 5.56 Å². The summed E-state index contributed by atoms with van der Waals surface area (Å²) in [5.41, 5.74) is 8.46. The maximum Gasteiger partial charge on any atom is 0.142 e. The van der Waals surface area contributed by atoms with Gasteiger partial charge in [-0.3, -0.25) is 0 Å². The summed E-state index contributed by atoms with van der Waals surface area (Å²) in [6.07, 6.45) is 0. The van der Waals surface area contributed by atoms with Gasteiger partial charge in [-0.2, -0.15) is 0 Å². The number of ether oxygens (including phenoxy) is 1. The number of benzene rings is 2. The van der Waals surface area contributed by atoms with E-state index >= 15 is 0 Å². The molecule has 0 heterocycles. The van der Waals surface area contributed by atoms with Gasteiger partial charge in [0.05, 0.1) is 12.8 Å². The second kappa shape index (κ2) is 5.76. The normalized spacial score (nSPS) is 10.2. The van der Waals surface area contributed by atoms with Crippen molar-refractivity contribution in [1.29, 1.82) is 0 Å². The predicted molar refractivity (Wildman–Crippen MR) is 75.6 cm³/mol. The Morgan fingerprint density at radius 3 is 2.50 bits per heavy atom. The molecule has 0 atom stereocenters. The van der Waals surface area contributed by atoms with Crippen LogP contribution in [0.15, 0.2) is 42.5 Å². The van der Waals surface area contributed by atoms with E-state index in [1.54, 1.807) is 13.2 Å². The summed E-state index contributed by atoms with van der Waals surface area (Å²) >= 11 is 5.98. The van der Waals surface area contributed by atoms with Gasteiger partial charge < -0.3 is 15.8 Å². The highest BCUT2D eigenvalue weighted by atomic mass is 35.5. The standard InChI is InChI=1S/C14H15ClN2O/c1-18-14-7-4-11(15)8-13(14)17-12-5-2-10(9-16)3-6-12/h2-8,17H,9,16H2,1H3. The Balaban J connectivity index is 2.24. The summed E-state index contributed by atoms with van der Waals surface area (Å²) in [6.45, 7) is 0.542. The molecule has 4 heteroatoms. The number of halogens is 1. The fourth-order valence-corrected chi connectivity index (χ4v) is 1.83. The lowest BCUT2D eigenvalue weighted by atomic mass is 10.2. The zero-order valence-corrected chi connectivity index (χ0v) is 10.9. The number of nitrogens with one attached hydrogen (secondary N) is 1. The summed E-state index contributed by atoms with van der Waals surface area (Å²) in [5, 5.41) is 3.93. The lowest BCUT2D eigenvalue weighted by molar-refractivity contribution is 0.417. The first-order valence-electron chi connectivity index (χ1n) is 5.62. The van der Waals surface area contributed by atoms with Crippen LogP contribution < -0.4 is 15.8 Å². The van der Waals surface area contributed by atoms with Gasteiger partial charge >= 0.3 is 0 Å². The van der Waals surface area contributed by atoms with Crippen molar-refractivity contribution in [1.82, 2.24) is 0 Å². The van der Waals surface area contributed by atoms with Gasteiger partial charge in [0.25, 0.3) is 0 Å². The van der Waals surface area contributed by atoms with E-state index in [-0.39, 0.29) is 0 Å². The van der Waals surface area contributed by atoms with E-state index in [4.69, 9.17) is 22.1 Å². The summed E-state index contributed by atoms with van der Waals surface area (Å²) in [4.78, 5) is 0. The molecule has 0 aromatic heterocycles. The van der Waals surface area contributed by atoms with Crippen molar-refractivity contribution in [3.8, 4) is 5.75 Å². The fraction of sp³-hybridized carbons (Fsp3) is 0.143. The van der Waals surface area contributed by atoms with E-state index in [2.05, 4.69) is 5.32 Å². The number of rotatable bonds is 4. The van der Waals surface area contributed by atoms with Crippen molar-refractivity contribution in [3.63, 3.8) is 0 Å². The molecular formula is C14H15ClN2O. The van der Waals surface area contributed by atoms with E-state index in [9.17, 15) is 0 Å². The van der Waals surface area contributed by atoms with Crippen LogP contribution >= 0.6 is 11.6 Å². The molecule has 0 bridgehead atoms. The number of hydrogen-bond donors (Lipinski definition) is 2. The zero-order valence-electron chi connectivity index (χ0n) is 10.1. The molecule has 3 N–H and O–H groups in total. The molecule has 3 nitrogen and oxygen atoms in total. The molecule has 0 radical (unpaired) electrons. The molecule has 2 rings (SSSR count). The van der Waals surface area contributed by atoms with Crippen molar-refractivity contribution in [2.24, 2.45) is 5.73 Å². The first-order valence-corrected chi connectivity index (χ1v) is 6.00. The smallest absolute Gasteiger partial charge is 0.142 e. The predicted octanol–water partition coefficient (Wildman–Crippen LogP) is 3.55. The molecule has 18 heavy (non-hydrogen) atoms. The third-order valence-electron chi connectivity index (χ3n) is 2.63.